The van der Waals surface area contributed by atoms with E-state index in [1.54, 1.807) is 34.8 Å². The Labute approximate surface area is 177 Å². The fourth-order valence-corrected chi connectivity index (χ4v) is 4.58. The van der Waals surface area contributed by atoms with Crippen LogP contribution in [0.2, 0.25) is 0 Å². The largest absolute Gasteiger partial charge is 0.338 e. The fraction of sp³-hybridized carbons (Fsp3) is 0.350. The molecule has 0 aromatic carbocycles. The molecule has 1 atom stereocenters. The Hall–Kier alpha value is -2.65. The molecule has 1 aliphatic heterocycles. The molecule has 0 bridgehead atoms. The number of thiazole rings is 2. The van der Waals surface area contributed by atoms with Crippen molar-refractivity contribution in [1.29, 1.82) is 0 Å². The van der Waals surface area contributed by atoms with Gasteiger partial charge in [-0.25, -0.2) is 19.9 Å². The summed E-state index contributed by atoms with van der Waals surface area (Å²) in [4.78, 5) is 32.3. The van der Waals surface area contributed by atoms with Crippen LogP contribution in [0.25, 0.3) is 6.08 Å². The van der Waals surface area contributed by atoms with Gasteiger partial charge in [0, 0.05) is 41.9 Å². The molecule has 0 spiro atoms. The standard InChI is InChI=1S/C20H22N6OS2/c1-12-10-29-20(21-12)25-18-8-17(22-13(2)23-18)15-6-7-26(9-15)19(27)5-4-16-11-28-14(3)24-16/h4-5,8,10-11,15H,6-7,9H2,1-3H3,(H,21,22,23,25)/b5-4+/t15-/m1/s1. The van der Waals surface area contributed by atoms with Crippen molar-refractivity contribution in [3.63, 3.8) is 0 Å². The molecule has 150 valence electrons. The predicted molar refractivity (Wildman–Crippen MR) is 117 cm³/mol. The Balaban J connectivity index is 1.43. The maximum absolute atomic E-state index is 12.5. The first-order chi connectivity index (χ1) is 14.0. The summed E-state index contributed by atoms with van der Waals surface area (Å²) in [5.41, 5.74) is 2.77. The van der Waals surface area contributed by atoms with Gasteiger partial charge in [0.1, 0.15) is 11.6 Å². The van der Waals surface area contributed by atoms with E-state index in [0.29, 0.717) is 12.4 Å². The first kappa shape index (κ1) is 19.7. The summed E-state index contributed by atoms with van der Waals surface area (Å²) >= 11 is 3.13. The van der Waals surface area contributed by atoms with Crippen molar-refractivity contribution in [3.05, 3.63) is 50.8 Å². The van der Waals surface area contributed by atoms with E-state index in [9.17, 15) is 4.79 Å². The van der Waals surface area contributed by atoms with Crippen LogP contribution in [0, 0.1) is 20.8 Å². The average molecular weight is 427 g/mol. The lowest BCUT2D eigenvalue weighted by Crippen LogP contribution is -2.26. The summed E-state index contributed by atoms with van der Waals surface area (Å²) in [5.74, 6) is 1.67. The van der Waals surface area contributed by atoms with Crippen LogP contribution in [0.15, 0.2) is 22.9 Å². The minimum atomic E-state index is 0.0144. The zero-order valence-electron chi connectivity index (χ0n) is 16.5. The second kappa shape index (κ2) is 8.38. The van der Waals surface area contributed by atoms with Gasteiger partial charge in [-0.1, -0.05) is 0 Å². The van der Waals surface area contributed by atoms with E-state index < -0.39 is 0 Å². The van der Waals surface area contributed by atoms with Crippen LogP contribution in [-0.4, -0.2) is 43.8 Å². The Morgan fingerprint density at radius 3 is 2.76 bits per heavy atom. The second-order valence-corrected chi connectivity index (χ2v) is 8.96. The summed E-state index contributed by atoms with van der Waals surface area (Å²) in [6, 6.07) is 1.97. The van der Waals surface area contributed by atoms with Crippen LogP contribution < -0.4 is 5.32 Å². The van der Waals surface area contributed by atoms with Crippen molar-refractivity contribution in [2.24, 2.45) is 0 Å². The molecule has 9 heteroatoms. The van der Waals surface area contributed by atoms with E-state index in [2.05, 4.69) is 25.3 Å². The maximum atomic E-state index is 12.5. The van der Waals surface area contributed by atoms with Gasteiger partial charge in [-0.15, -0.1) is 22.7 Å². The van der Waals surface area contributed by atoms with Gasteiger partial charge < -0.3 is 10.2 Å². The van der Waals surface area contributed by atoms with E-state index >= 15 is 0 Å². The topological polar surface area (TPSA) is 83.9 Å². The van der Waals surface area contributed by atoms with Gasteiger partial charge in [0.2, 0.25) is 5.91 Å². The van der Waals surface area contributed by atoms with Gasteiger partial charge >= 0.3 is 0 Å². The fourth-order valence-electron chi connectivity index (χ4n) is 3.31. The first-order valence-electron chi connectivity index (χ1n) is 9.40. The van der Waals surface area contributed by atoms with Crippen LogP contribution in [0.3, 0.4) is 0 Å². The van der Waals surface area contributed by atoms with Crippen LogP contribution in [-0.2, 0) is 4.79 Å². The van der Waals surface area contributed by atoms with Crippen molar-refractivity contribution >= 4 is 45.6 Å². The monoisotopic (exact) mass is 426 g/mol. The van der Waals surface area contributed by atoms with Crippen LogP contribution >= 0.6 is 22.7 Å². The summed E-state index contributed by atoms with van der Waals surface area (Å²) in [5, 5.41) is 9.03. The highest BCUT2D eigenvalue weighted by Crippen LogP contribution is 2.28. The molecule has 7 nitrogen and oxygen atoms in total. The summed E-state index contributed by atoms with van der Waals surface area (Å²) in [6.07, 6.45) is 4.29. The van der Waals surface area contributed by atoms with E-state index in [1.807, 2.05) is 42.5 Å². The molecule has 3 aromatic rings. The third kappa shape index (κ3) is 4.86. The van der Waals surface area contributed by atoms with Crippen molar-refractivity contribution in [3.8, 4) is 0 Å². The van der Waals surface area contributed by atoms with Crippen molar-refractivity contribution < 1.29 is 4.79 Å². The average Bonchev–Trinajstić information content (AvgIpc) is 3.41. The number of carbonyl (C=O) groups is 1. The van der Waals surface area contributed by atoms with Gasteiger partial charge in [-0.05, 0) is 33.3 Å². The second-order valence-electron chi connectivity index (χ2n) is 7.04. The normalized spacial score (nSPS) is 16.7. The Bertz CT molecular complexity index is 1060. The van der Waals surface area contributed by atoms with Gasteiger partial charge in [-0.2, -0.15) is 0 Å². The molecule has 4 rings (SSSR count). The Morgan fingerprint density at radius 2 is 2.03 bits per heavy atom. The Morgan fingerprint density at radius 1 is 1.17 bits per heavy atom. The summed E-state index contributed by atoms with van der Waals surface area (Å²) < 4.78 is 0. The van der Waals surface area contributed by atoms with Crippen molar-refractivity contribution in [2.75, 3.05) is 18.4 Å². The molecule has 4 heterocycles. The van der Waals surface area contributed by atoms with E-state index in [0.717, 1.165) is 46.0 Å². The SMILES string of the molecule is Cc1csc(Nc2cc([C@@H]3CCN(C(=O)/C=C/c4csc(C)n4)C3)nc(C)n2)n1. The number of hydrogen-bond donors (Lipinski definition) is 1. The number of nitrogens with zero attached hydrogens (tertiary/aromatic N) is 5. The number of aromatic nitrogens is 4. The third-order valence-corrected chi connectivity index (χ3v) is 6.33. The van der Waals surface area contributed by atoms with Gasteiger partial charge in [0.05, 0.1) is 22.1 Å². The lowest BCUT2D eigenvalue weighted by Gasteiger charge is -2.15. The molecule has 1 N–H and O–H groups in total. The number of carbonyl (C=O) groups excluding carboxylic acids is 1. The molecule has 0 saturated carbocycles. The van der Waals surface area contributed by atoms with Gasteiger partial charge in [0.25, 0.3) is 0 Å². The van der Waals surface area contributed by atoms with Crippen molar-refractivity contribution in [1.82, 2.24) is 24.8 Å². The molecular formula is C20H22N6OS2. The number of likely N-dealkylation sites (tertiary alicyclic amines) is 1. The number of hydrogen-bond acceptors (Lipinski definition) is 8. The number of nitrogens with one attached hydrogen (secondary N) is 1. The molecule has 29 heavy (non-hydrogen) atoms. The third-order valence-electron chi connectivity index (χ3n) is 4.66. The van der Waals surface area contributed by atoms with Crippen LogP contribution in [0.5, 0.6) is 0 Å². The molecule has 0 radical (unpaired) electrons. The summed E-state index contributed by atoms with van der Waals surface area (Å²) in [7, 11) is 0. The lowest BCUT2D eigenvalue weighted by molar-refractivity contribution is -0.124. The van der Waals surface area contributed by atoms with E-state index in [4.69, 9.17) is 0 Å². The van der Waals surface area contributed by atoms with Crippen LogP contribution in [0.4, 0.5) is 10.9 Å². The highest BCUT2D eigenvalue weighted by Gasteiger charge is 2.27. The quantitative estimate of drug-likeness (QED) is 0.619. The Kier molecular flexibility index (Phi) is 5.68. The zero-order chi connectivity index (χ0) is 20.4. The van der Waals surface area contributed by atoms with E-state index in [1.165, 1.54) is 0 Å². The number of aryl methyl sites for hydroxylation is 3. The molecular weight excluding hydrogens is 404 g/mol. The molecule has 1 saturated heterocycles. The molecule has 3 aromatic heterocycles. The number of rotatable bonds is 5. The number of amides is 1. The molecule has 0 unspecified atom stereocenters. The summed E-state index contributed by atoms with van der Waals surface area (Å²) in [6.45, 7) is 7.19. The molecule has 1 aliphatic rings. The van der Waals surface area contributed by atoms with Crippen LogP contribution in [0.1, 0.15) is 40.3 Å². The number of anilines is 2. The van der Waals surface area contributed by atoms with E-state index in [-0.39, 0.29) is 11.8 Å². The first-order valence-corrected chi connectivity index (χ1v) is 11.2. The zero-order valence-corrected chi connectivity index (χ0v) is 18.2. The molecule has 0 aliphatic carbocycles. The molecule has 1 fully saturated rings. The minimum Gasteiger partial charge on any atom is -0.338 e. The van der Waals surface area contributed by atoms with Gasteiger partial charge in [0.15, 0.2) is 5.13 Å². The smallest absolute Gasteiger partial charge is 0.246 e. The highest BCUT2D eigenvalue weighted by molar-refractivity contribution is 7.13. The molecule has 1 amide bonds. The maximum Gasteiger partial charge on any atom is 0.246 e. The van der Waals surface area contributed by atoms with Gasteiger partial charge in [-0.3, -0.25) is 4.79 Å². The van der Waals surface area contributed by atoms with Crippen molar-refractivity contribution in [2.45, 2.75) is 33.1 Å². The highest BCUT2D eigenvalue weighted by atomic mass is 32.1. The predicted octanol–water partition coefficient (Wildman–Crippen LogP) is 4.09. The lowest BCUT2D eigenvalue weighted by atomic mass is 10.0. The minimum absolute atomic E-state index is 0.0144.